The van der Waals surface area contributed by atoms with Crippen LogP contribution in [0, 0.1) is 0 Å². The number of hydrogen-bond acceptors (Lipinski definition) is 6. The van der Waals surface area contributed by atoms with Crippen LogP contribution < -0.4 is 0 Å². The zero-order valence-corrected chi connectivity index (χ0v) is 14.2. The molecule has 0 bridgehead atoms. The van der Waals surface area contributed by atoms with Crippen LogP contribution in [0.5, 0.6) is 0 Å². The van der Waals surface area contributed by atoms with E-state index in [2.05, 4.69) is 22.1 Å². The van der Waals surface area contributed by atoms with E-state index in [1.54, 1.807) is 11.3 Å². The van der Waals surface area contributed by atoms with Gasteiger partial charge < -0.3 is 14.3 Å². The van der Waals surface area contributed by atoms with Crippen LogP contribution in [0.15, 0.2) is 22.0 Å². The molecule has 0 atom stereocenters. The number of aromatic nitrogens is 2. The molecular weight excluding hydrogens is 312 g/mol. The molecule has 7 heteroatoms. The van der Waals surface area contributed by atoms with Crippen molar-refractivity contribution in [3.05, 3.63) is 23.4 Å². The van der Waals surface area contributed by atoms with Gasteiger partial charge in [0, 0.05) is 32.5 Å². The number of nitrogens with zero attached hydrogens (tertiary/aromatic N) is 4. The Morgan fingerprint density at radius 3 is 3.09 bits per heavy atom. The number of thiophene rings is 1. The van der Waals surface area contributed by atoms with Gasteiger partial charge in [0.2, 0.25) is 17.6 Å². The third-order valence-corrected chi connectivity index (χ3v) is 4.93. The van der Waals surface area contributed by atoms with Crippen molar-refractivity contribution in [3.8, 4) is 10.7 Å². The quantitative estimate of drug-likeness (QED) is 0.839. The average Bonchev–Trinajstić information content (AvgIpc) is 3.17. The van der Waals surface area contributed by atoms with Gasteiger partial charge in [-0.15, -0.1) is 11.3 Å². The Morgan fingerprint density at radius 2 is 2.26 bits per heavy atom. The minimum atomic E-state index is 0.235. The molecule has 1 aliphatic rings. The molecule has 0 aliphatic carbocycles. The fraction of sp³-hybridized carbons (Fsp3) is 0.562. The summed E-state index contributed by atoms with van der Waals surface area (Å²) >= 11 is 1.59. The smallest absolute Gasteiger partial charge is 0.226 e. The van der Waals surface area contributed by atoms with E-state index in [0.29, 0.717) is 24.6 Å². The first-order valence-corrected chi connectivity index (χ1v) is 8.93. The molecule has 2 aromatic rings. The zero-order chi connectivity index (χ0) is 16.1. The summed E-state index contributed by atoms with van der Waals surface area (Å²) in [4.78, 5) is 21.9. The molecule has 1 fully saturated rings. The van der Waals surface area contributed by atoms with E-state index in [-0.39, 0.29) is 5.91 Å². The normalized spacial score (nSPS) is 16.5. The van der Waals surface area contributed by atoms with Gasteiger partial charge in [-0.1, -0.05) is 11.2 Å². The highest BCUT2D eigenvalue weighted by Gasteiger charge is 2.17. The molecule has 6 nitrogen and oxygen atoms in total. The van der Waals surface area contributed by atoms with Crippen molar-refractivity contribution >= 4 is 17.2 Å². The first-order chi connectivity index (χ1) is 11.2. The molecule has 1 amide bonds. The second kappa shape index (κ2) is 7.70. The second-order valence-corrected chi connectivity index (χ2v) is 6.83. The molecule has 1 aliphatic heterocycles. The van der Waals surface area contributed by atoms with Gasteiger partial charge in [-0.3, -0.25) is 4.79 Å². The van der Waals surface area contributed by atoms with Crippen LogP contribution in [0.25, 0.3) is 10.7 Å². The van der Waals surface area contributed by atoms with Gasteiger partial charge in [-0.25, -0.2) is 0 Å². The molecule has 0 spiro atoms. The van der Waals surface area contributed by atoms with Gasteiger partial charge in [-0.05, 0) is 37.9 Å². The Hall–Kier alpha value is -1.73. The van der Waals surface area contributed by atoms with E-state index in [4.69, 9.17) is 4.52 Å². The van der Waals surface area contributed by atoms with Gasteiger partial charge in [-0.2, -0.15) is 4.98 Å². The van der Waals surface area contributed by atoms with Gasteiger partial charge in [0.05, 0.1) is 4.88 Å². The summed E-state index contributed by atoms with van der Waals surface area (Å²) in [6, 6.07) is 3.94. The first kappa shape index (κ1) is 16.1. The third kappa shape index (κ3) is 4.39. The minimum Gasteiger partial charge on any atom is -0.341 e. The molecule has 3 rings (SSSR count). The minimum absolute atomic E-state index is 0.235. The van der Waals surface area contributed by atoms with E-state index < -0.39 is 0 Å². The molecule has 0 N–H and O–H groups in total. The maximum absolute atomic E-state index is 12.3. The average molecular weight is 334 g/mol. The maximum atomic E-state index is 12.3. The fourth-order valence-electron chi connectivity index (χ4n) is 2.71. The van der Waals surface area contributed by atoms with Crippen LogP contribution in [0.3, 0.4) is 0 Å². The van der Waals surface area contributed by atoms with Crippen molar-refractivity contribution in [1.82, 2.24) is 19.9 Å². The van der Waals surface area contributed by atoms with Crippen LogP contribution in [-0.2, 0) is 11.2 Å². The van der Waals surface area contributed by atoms with E-state index in [1.807, 2.05) is 22.4 Å². The molecule has 2 aromatic heterocycles. The number of carbonyl (C=O) groups excluding carboxylic acids is 1. The largest absolute Gasteiger partial charge is 0.341 e. The van der Waals surface area contributed by atoms with Crippen LogP contribution in [0.2, 0.25) is 0 Å². The Balaban J connectivity index is 1.45. The zero-order valence-electron chi connectivity index (χ0n) is 13.4. The fourth-order valence-corrected chi connectivity index (χ4v) is 3.36. The number of amides is 1. The number of carbonyl (C=O) groups is 1. The lowest BCUT2D eigenvalue weighted by atomic mass is 10.2. The van der Waals surface area contributed by atoms with Crippen molar-refractivity contribution in [2.45, 2.75) is 25.7 Å². The van der Waals surface area contributed by atoms with E-state index >= 15 is 0 Å². The number of hydrogen-bond donors (Lipinski definition) is 0. The van der Waals surface area contributed by atoms with Crippen LogP contribution in [0.1, 0.15) is 25.2 Å². The van der Waals surface area contributed by atoms with Gasteiger partial charge in [0.15, 0.2) is 0 Å². The molecular formula is C16H22N4O2S. The lowest BCUT2D eigenvalue weighted by Gasteiger charge is -2.20. The maximum Gasteiger partial charge on any atom is 0.226 e. The summed E-state index contributed by atoms with van der Waals surface area (Å²) in [6.07, 6.45) is 2.99. The Morgan fingerprint density at radius 1 is 1.35 bits per heavy atom. The summed E-state index contributed by atoms with van der Waals surface area (Å²) in [7, 11) is 2.11. The highest BCUT2D eigenvalue weighted by Crippen LogP contribution is 2.21. The van der Waals surface area contributed by atoms with Crippen LogP contribution in [0.4, 0.5) is 0 Å². The Labute approximate surface area is 140 Å². The second-order valence-electron chi connectivity index (χ2n) is 5.88. The summed E-state index contributed by atoms with van der Waals surface area (Å²) in [5, 5.41) is 5.98. The summed E-state index contributed by atoms with van der Waals surface area (Å²) < 4.78 is 5.26. The van der Waals surface area contributed by atoms with E-state index in [9.17, 15) is 4.79 Å². The summed E-state index contributed by atoms with van der Waals surface area (Å²) in [6.45, 7) is 3.72. The van der Waals surface area contributed by atoms with E-state index in [1.165, 1.54) is 0 Å². The Kier molecular flexibility index (Phi) is 5.40. The Bertz CT molecular complexity index is 626. The van der Waals surface area contributed by atoms with Gasteiger partial charge in [0.1, 0.15) is 0 Å². The molecule has 124 valence electrons. The van der Waals surface area contributed by atoms with Crippen LogP contribution in [-0.4, -0.2) is 59.1 Å². The van der Waals surface area contributed by atoms with Gasteiger partial charge >= 0.3 is 0 Å². The molecule has 0 aromatic carbocycles. The predicted octanol–water partition coefficient (Wildman–Crippen LogP) is 2.28. The third-order valence-electron chi connectivity index (χ3n) is 4.06. The molecule has 3 heterocycles. The number of likely N-dealkylation sites (N-methyl/N-ethyl adjacent to an activating group) is 1. The molecule has 23 heavy (non-hydrogen) atoms. The van der Waals surface area contributed by atoms with Crippen LogP contribution >= 0.6 is 11.3 Å². The summed E-state index contributed by atoms with van der Waals surface area (Å²) in [5.74, 6) is 1.48. The van der Waals surface area contributed by atoms with Gasteiger partial charge in [0.25, 0.3) is 0 Å². The lowest BCUT2D eigenvalue weighted by molar-refractivity contribution is -0.131. The SMILES string of the molecule is CN1CCCN(C(=O)CCCc2nc(-c3cccs3)no2)CC1. The van der Waals surface area contributed by atoms with Crippen molar-refractivity contribution < 1.29 is 9.32 Å². The molecule has 0 saturated carbocycles. The molecule has 0 radical (unpaired) electrons. The lowest BCUT2D eigenvalue weighted by Crippen LogP contribution is -2.34. The number of rotatable bonds is 5. The monoisotopic (exact) mass is 334 g/mol. The molecule has 0 unspecified atom stereocenters. The molecule has 1 saturated heterocycles. The highest BCUT2D eigenvalue weighted by molar-refractivity contribution is 7.13. The van der Waals surface area contributed by atoms with Crippen molar-refractivity contribution in [2.24, 2.45) is 0 Å². The van der Waals surface area contributed by atoms with Crippen molar-refractivity contribution in [1.29, 1.82) is 0 Å². The standard InChI is InChI=1S/C16H22N4O2S/c1-19-8-4-9-20(11-10-19)15(21)7-2-6-14-17-16(18-22-14)13-5-3-12-23-13/h3,5,12H,2,4,6-11H2,1H3. The topological polar surface area (TPSA) is 62.5 Å². The van der Waals surface area contributed by atoms with E-state index in [0.717, 1.165) is 43.9 Å². The summed E-state index contributed by atoms with van der Waals surface area (Å²) in [5.41, 5.74) is 0. The van der Waals surface area contributed by atoms with Crippen molar-refractivity contribution in [2.75, 3.05) is 33.2 Å². The first-order valence-electron chi connectivity index (χ1n) is 8.05. The predicted molar refractivity (Wildman–Crippen MR) is 89.2 cm³/mol. The van der Waals surface area contributed by atoms with Crippen molar-refractivity contribution in [3.63, 3.8) is 0 Å². The number of aryl methyl sites for hydroxylation is 1. The highest BCUT2D eigenvalue weighted by atomic mass is 32.1.